The van der Waals surface area contributed by atoms with E-state index in [1.807, 2.05) is 42.7 Å². The van der Waals surface area contributed by atoms with Crippen molar-refractivity contribution in [3.8, 4) is 5.75 Å². The fraction of sp³-hybridized carbons (Fsp3) is 0.250. The summed E-state index contributed by atoms with van der Waals surface area (Å²) in [5.74, 6) is 0.767. The van der Waals surface area contributed by atoms with Gasteiger partial charge in [-0.15, -0.1) is 11.8 Å². The van der Waals surface area contributed by atoms with E-state index in [4.69, 9.17) is 4.74 Å². The van der Waals surface area contributed by atoms with E-state index in [0.717, 1.165) is 20.9 Å². The number of carbonyl (C=O) groups is 1. The first-order chi connectivity index (χ1) is 10.7. The zero-order valence-corrected chi connectivity index (χ0v) is 14.6. The number of benzene rings is 1. The van der Waals surface area contributed by atoms with Gasteiger partial charge in [-0.3, -0.25) is 4.79 Å². The highest BCUT2D eigenvalue weighted by atomic mass is 79.9. The maximum absolute atomic E-state index is 11.8. The van der Waals surface area contributed by atoms with Crippen LogP contribution in [0.5, 0.6) is 5.75 Å². The fourth-order valence-electron chi connectivity index (χ4n) is 1.78. The molecule has 0 unspecified atom stereocenters. The zero-order valence-electron chi connectivity index (χ0n) is 12.2. The summed E-state index contributed by atoms with van der Waals surface area (Å²) in [4.78, 5) is 16.0. The van der Waals surface area contributed by atoms with E-state index in [1.54, 1.807) is 18.0 Å². The van der Waals surface area contributed by atoms with Gasteiger partial charge in [0.1, 0.15) is 5.75 Å². The number of carbonyl (C=O) groups excluding carboxylic acids is 1. The number of rotatable bonds is 7. The molecule has 0 atom stereocenters. The average molecular weight is 381 g/mol. The van der Waals surface area contributed by atoms with E-state index in [0.29, 0.717) is 19.4 Å². The SMILES string of the molecule is CSc1ccc(NC(=O)CCCOc2cccc(Br)c2)cn1. The highest BCUT2D eigenvalue weighted by Crippen LogP contribution is 2.18. The first-order valence-electron chi connectivity index (χ1n) is 6.85. The molecule has 0 fully saturated rings. The Balaban J connectivity index is 1.69. The highest BCUT2D eigenvalue weighted by molar-refractivity contribution is 9.10. The van der Waals surface area contributed by atoms with Crippen molar-refractivity contribution in [2.24, 2.45) is 0 Å². The Morgan fingerprint density at radius 3 is 2.91 bits per heavy atom. The van der Waals surface area contributed by atoms with Crippen LogP contribution in [-0.4, -0.2) is 23.8 Å². The quantitative estimate of drug-likeness (QED) is 0.572. The molecule has 0 saturated heterocycles. The molecular weight excluding hydrogens is 364 g/mol. The zero-order chi connectivity index (χ0) is 15.8. The first kappa shape index (κ1) is 16.8. The molecule has 2 aromatic rings. The summed E-state index contributed by atoms with van der Waals surface area (Å²) in [6, 6.07) is 11.4. The van der Waals surface area contributed by atoms with Crippen molar-refractivity contribution in [2.45, 2.75) is 17.9 Å². The van der Waals surface area contributed by atoms with Crippen LogP contribution in [0.1, 0.15) is 12.8 Å². The Hall–Kier alpha value is -1.53. The van der Waals surface area contributed by atoms with Gasteiger partial charge in [0.15, 0.2) is 0 Å². The lowest BCUT2D eigenvalue weighted by molar-refractivity contribution is -0.116. The minimum absolute atomic E-state index is 0.0310. The number of hydrogen-bond acceptors (Lipinski definition) is 4. The molecule has 0 radical (unpaired) electrons. The van der Waals surface area contributed by atoms with Gasteiger partial charge >= 0.3 is 0 Å². The molecule has 0 saturated carbocycles. The van der Waals surface area contributed by atoms with E-state index in [2.05, 4.69) is 26.2 Å². The van der Waals surface area contributed by atoms with Crippen molar-refractivity contribution in [3.05, 3.63) is 47.1 Å². The number of halogens is 1. The van der Waals surface area contributed by atoms with E-state index >= 15 is 0 Å². The van der Waals surface area contributed by atoms with Gasteiger partial charge in [-0.2, -0.15) is 0 Å². The molecule has 0 spiro atoms. The number of aromatic nitrogens is 1. The van der Waals surface area contributed by atoms with Crippen molar-refractivity contribution in [1.82, 2.24) is 4.98 Å². The van der Waals surface area contributed by atoms with Gasteiger partial charge in [0.05, 0.1) is 23.5 Å². The van der Waals surface area contributed by atoms with Crippen molar-refractivity contribution >= 4 is 39.3 Å². The summed E-state index contributed by atoms with van der Waals surface area (Å²) < 4.78 is 6.57. The molecular formula is C16H17BrN2O2S. The monoisotopic (exact) mass is 380 g/mol. The molecule has 1 heterocycles. The Bertz CT molecular complexity index is 620. The summed E-state index contributed by atoms with van der Waals surface area (Å²) >= 11 is 4.96. The molecule has 0 aliphatic carbocycles. The van der Waals surface area contributed by atoms with Crippen LogP contribution in [0.4, 0.5) is 5.69 Å². The number of hydrogen-bond donors (Lipinski definition) is 1. The van der Waals surface area contributed by atoms with Crippen molar-refractivity contribution in [1.29, 1.82) is 0 Å². The molecule has 1 amide bonds. The number of pyridine rings is 1. The largest absolute Gasteiger partial charge is 0.494 e. The molecule has 22 heavy (non-hydrogen) atoms. The lowest BCUT2D eigenvalue weighted by Gasteiger charge is -2.07. The van der Waals surface area contributed by atoms with Crippen LogP contribution in [-0.2, 0) is 4.79 Å². The third-order valence-electron chi connectivity index (χ3n) is 2.84. The van der Waals surface area contributed by atoms with E-state index in [1.165, 1.54) is 0 Å². The highest BCUT2D eigenvalue weighted by Gasteiger charge is 2.03. The molecule has 1 aromatic carbocycles. The lowest BCUT2D eigenvalue weighted by atomic mass is 10.3. The molecule has 0 aliphatic heterocycles. The van der Waals surface area contributed by atoms with E-state index in [-0.39, 0.29) is 5.91 Å². The second kappa shape index (κ2) is 8.80. The second-order valence-corrected chi connectivity index (χ2v) is 6.29. The molecule has 4 nitrogen and oxygen atoms in total. The summed E-state index contributed by atoms with van der Waals surface area (Å²) in [6.07, 6.45) is 4.71. The number of thioether (sulfide) groups is 1. The predicted molar refractivity (Wildman–Crippen MR) is 93.5 cm³/mol. The topological polar surface area (TPSA) is 51.2 Å². The van der Waals surface area contributed by atoms with Crippen LogP contribution in [0, 0.1) is 0 Å². The number of anilines is 1. The maximum atomic E-state index is 11.8. The molecule has 6 heteroatoms. The Morgan fingerprint density at radius 2 is 2.23 bits per heavy atom. The molecule has 1 aromatic heterocycles. The molecule has 1 N–H and O–H groups in total. The van der Waals surface area contributed by atoms with Crippen LogP contribution in [0.25, 0.3) is 0 Å². The number of nitrogens with zero attached hydrogens (tertiary/aromatic N) is 1. The molecule has 2 rings (SSSR count). The Morgan fingerprint density at radius 1 is 1.36 bits per heavy atom. The Labute approximate surface area is 142 Å². The van der Waals surface area contributed by atoms with E-state index < -0.39 is 0 Å². The fourth-order valence-corrected chi connectivity index (χ4v) is 2.52. The van der Waals surface area contributed by atoms with Gasteiger partial charge in [-0.1, -0.05) is 22.0 Å². The molecule has 0 aliphatic rings. The summed E-state index contributed by atoms with van der Waals surface area (Å²) in [5.41, 5.74) is 0.718. The van der Waals surface area contributed by atoms with Crippen LogP contribution >= 0.6 is 27.7 Å². The average Bonchev–Trinajstić information content (AvgIpc) is 2.52. The smallest absolute Gasteiger partial charge is 0.224 e. The third-order valence-corrected chi connectivity index (χ3v) is 4.00. The second-order valence-electron chi connectivity index (χ2n) is 4.55. The van der Waals surface area contributed by atoms with E-state index in [9.17, 15) is 4.79 Å². The molecule has 0 bridgehead atoms. The summed E-state index contributed by atoms with van der Waals surface area (Å²) in [5, 5.41) is 3.76. The van der Waals surface area contributed by atoms with Gasteiger partial charge in [0.2, 0.25) is 5.91 Å². The lowest BCUT2D eigenvalue weighted by Crippen LogP contribution is -2.13. The predicted octanol–water partition coefficient (Wildman–Crippen LogP) is 4.36. The summed E-state index contributed by atoms with van der Waals surface area (Å²) in [6.45, 7) is 0.507. The van der Waals surface area contributed by atoms with Crippen molar-refractivity contribution in [2.75, 3.05) is 18.2 Å². The van der Waals surface area contributed by atoms with Crippen LogP contribution in [0.15, 0.2) is 52.1 Å². The summed E-state index contributed by atoms with van der Waals surface area (Å²) in [7, 11) is 0. The van der Waals surface area contributed by atoms with Crippen molar-refractivity contribution in [3.63, 3.8) is 0 Å². The van der Waals surface area contributed by atoms with Gasteiger partial charge in [-0.25, -0.2) is 4.98 Å². The Kier molecular flexibility index (Phi) is 6.74. The number of amides is 1. The number of ether oxygens (including phenoxy) is 1. The minimum atomic E-state index is -0.0310. The van der Waals surface area contributed by atoms with Gasteiger partial charge in [0.25, 0.3) is 0 Å². The molecule has 116 valence electrons. The first-order valence-corrected chi connectivity index (χ1v) is 8.87. The van der Waals surface area contributed by atoms with Crippen LogP contribution in [0.2, 0.25) is 0 Å². The van der Waals surface area contributed by atoms with Gasteiger partial charge in [-0.05, 0) is 43.0 Å². The maximum Gasteiger partial charge on any atom is 0.224 e. The normalized spacial score (nSPS) is 10.3. The van der Waals surface area contributed by atoms with Crippen molar-refractivity contribution < 1.29 is 9.53 Å². The minimum Gasteiger partial charge on any atom is -0.494 e. The standard InChI is InChI=1S/C16H17BrN2O2S/c1-22-16-8-7-13(11-18-16)19-15(20)6-3-9-21-14-5-2-4-12(17)10-14/h2,4-5,7-8,10-11H,3,6,9H2,1H3,(H,19,20). The third kappa shape index (κ3) is 5.69. The van der Waals surface area contributed by atoms with Crippen LogP contribution in [0.3, 0.4) is 0 Å². The number of nitrogens with one attached hydrogen (secondary N) is 1. The van der Waals surface area contributed by atoms with Crippen LogP contribution < -0.4 is 10.1 Å². The van der Waals surface area contributed by atoms with Gasteiger partial charge in [0, 0.05) is 10.9 Å². The van der Waals surface area contributed by atoms with Gasteiger partial charge < -0.3 is 10.1 Å².